The Bertz CT molecular complexity index is 237. The fourth-order valence-electron chi connectivity index (χ4n) is 2.41. The lowest BCUT2D eigenvalue weighted by Gasteiger charge is -2.28. The number of hydrogen-bond acceptors (Lipinski definition) is 2. The van der Waals surface area contributed by atoms with E-state index in [2.05, 4.69) is 26.1 Å². The van der Waals surface area contributed by atoms with Crippen LogP contribution in [0, 0.1) is 10.8 Å². The molecule has 0 saturated heterocycles. The normalized spacial score (nSPS) is 19.8. The van der Waals surface area contributed by atoms with Gasteiger partial charge in [0.1, 0.15) is 0 Å². The smallest absolute Gasteiger partial charge is 0.220 e. The Hall–Kier alpha value is -0.570. The molecule has 0 atom stereocenters. The molecular weight excluding hydrogens is 200 g/mol. The van der Waals surface area contributed by atoms with Crippen molar-refractivity contribution in [2.24, 2.45) is 16.6 Å². The predicted molar refractivity (Wildman–Crippen MR) is 67.0 cm³/mol. The largest absolute Gasteiger partial charge is 0.355 e. The van der Waals surface area contributed by atoms with Gasteiger partial charge in [-0.2, -0.15) is 0 Å². The molecule has 3 nitrogen and oxygen atoms in total. The Morgan fingerprint density at radius 2 is 1.88 bits per heavy atom. The monoisotopic (exact) mass is 226 g/mol. The second kappa shape index (κ2) is 5.17. The van der Waals surface area contributed by atoms with Crippen LogP contribution in [0.2, 0.25) is 0 Å². The van der Waals surface area contributed by atoms with Gasteiger partial charge in [0.2, 0.25) is 5.91 Å². The lowest BCUT2D eigenvalue weighted by atomic mass is 9.86. The molecule has 0 aromatic rings. The lowest BCUT2D eigenvalue weighted by Crippen LogP contribution is -2.41. The highest BCUT2D eigenvalue weighted by atomic mass is 16.1. The zero-order chi connectivity index (χ0) is 12.2. The zero-order valence-corrected chi connectivity index (χ0v) is 10.9. The van der Waals surface area contributed by atoms with E-state index in [0.717, 1.165) is 6.54 Å². The number of hydrogen-bond donors (Lipinski definition) is 2. The Labute approximate surface area is 99.2 Å². The molecule has 0 bridgehead atoms. The van der Waals surface area contributed by atoms with E-state index < -0.39 is 0 Å². The van der Waals surface area contributed by atoms with Crippen LogP contribution in [0.5, 0.6) is 0 Å². The van der Waals surface area contributed by atoms with Gasteiger partial charge in [-0.3, -0.25) is 4.79 Å². The van der Waals surface area contributed by atoms with Crippen LogP contribution in [-0.2, 0) is 4.79 Å². The molecule has 0 unspecified atom stereocenters. The summed E-state index contributed by atoms with van der Waals surface area (Å²) in [5, 5.41) is 3.05. The second-order valence-electron chi connectivity index (χ2n) is 6.43. The Balaban J connectivity index is 2.35. The predicted octanol–water partition coefficient (Wildman–Crippen LogP) is 2.06. The molecule has 1 aliphatic carbocycles. The van der Waals surface area contributed by atoms with Crippen molar-refractivity contribution in [3.8, 4) is 0 Å². The van der Waals surface area contributed by atoms with E-state index in [9.17, 15) is 4.79 Å². The third-order valence-corrected chi connectivity index (χ3v) is 3.45. The van der Waals surface area contributed by atoms with Crippen LogP contribution in [0.1, 0.15) is 52.9 Å². The number of carbonyl (C=O) groups is 1. The number of carbonyl (C=O) groups excluding carboxylic acids is 1. The van der Waals surface area contributed by atoms with Crippen molar-refractivity contribution in [1.29, 1.82) is 0 Å². The zero-order valence-electron chi connectivity index (χ0n) is 10.9. The van der Waals surface area contributed by atoms with E-state index in [4.69, 9.17) is 5.73 Å². The van der Waals surface area contributed by atoms with Gasteiger partial charge in [-0.1, -0.05) is 33.6 Å². The van der Waals surface area contributed by atoms with Crippen molar-refractivity contribution in [2.75, 3.05) is 13.1 Å². The topological polar surface area (TPSA) is 55.1 Å². The molecule has 0 radical (unpaired) electrons. The van der Waals surface area contributed by atoms with Crippen LogP contribution >= 0.6 is 0 Å². The van der Waals surface area contributed by atoms with Crippen LogP contribution in [0.3, 0.4) is 0 Å². The first-order valence-electron chi connectivity index (χ1n) is 6.34. The van der Waals surface area contributed by atoms with Crippen LogP contribution in [0.15, 0.2) is 0 Å². The van der Waals surface area contributed by atoms with E-state index in [-0.39, 0.29) is 16.7 Å². The highest BCUT2D eigenvalue weighted by Crippen LogP contribution is 2.36. The fraction of sp³-hybridized carbons (Fsp3) is 0.923. The first-order valence-corrected chi connectivity index (χ1v) is 6.34. The summed E-state index contributed by atoms with van der Waals surface area (Å²) < 4.78 is 0. The van der Waals surface area contributed by atoms with E-state index in [1.165, 1.54) is 25.7 Å². The van der Waals surface area contributed by atoms with Gasteiger partial charge in [0, 0.05) is 13.0 Å². The number of amides is 1. The molecule has 1 saturated carbocycles. The summed E-state index contributed by atoms with van der Waals surface area (Å²) in [6.07, 6.45) is 5.44. The minimum absolute atomic E-state index is 0.0651. The molecule has 0 aromatic heterocycles. The van der Waals surface area contributed by atoms with Gasteiger partial charge >= 0.3 is 0 Å². The molecule has 0 spiro atoms. The van der Waals surface area contributed by atoms with Gasteiger partial charge in [-0.15, -0.1) is 0 Å². The summed E-state index contributed by atoms with van der Waals surface area (Å²) in [4.78, 5) is 11.7. The van der Waals surface area contributed by atoms with Gasteiger partial charge in [-0.05, 0) is 30.2 Å². The minimum atomic E-state index is 0.0651. The van der Waals surface area contributed by atoms with Crippen molar-refractivity contribution < 1.29 is 4.79 Å². The Kier molecular flexibility index (Phi) is 4.36. The Morgan fingerprint density at radius 1 is 1.31 bits per heavy atom. The van der Waals surface area contributed by atoms with Crippen molar-refractivity contribution in [3.05, 3.63) is 0 Å². The molecule has 94 valence electrons. The van der Waals surface area contributed by atoms with Gasteiger partial charge in [-0.25, -0.2) is 0 Å². The third kappa shape index (κ3) is 4.12. The number of nitrogens with one attached hydrogen (secondary N) is 1. The quantitative estimate of drug-likeness (QED) is 0.771. The molecule has 0 aromatic carbocycles. The van der Waals surface area contributed by atoms with Crippen molar-refractivity contribution in [1.82, 2.24) is 5.32 Å². The van der Waals surface area contributed by atoms with Crippen LogP contribution in [0.25, 0.3) is 0 Å². The van der Waals surface area contributed by atoms with Crippen LogP contribution in [0.4, 0.5) is 0 Å². The summed E-state index contributed by atoms with van der Waals surface area (Å²) in [5.41, 5.74) is 6.08. The van der Waals surface area contributed by atoms with Gasteiger partial charge in [0.15, 0.2) is 0 Å². The SMILES string of the molecule is CC(C)(C)CC(=O)NCC1(CN)CCCC1. The molecule has 0 heterocycles. The number of rotatable bonds is 4. The molecule has 3 N–H and O–H groups in total. The van der Waals surface area contributed by atoms with E-state index in [0.29, 0.717) is 13.0 Å². The molecule has 1 fully saturated rings. The first-order chi connectivity index (χ1) is 7.37. The molecule has 0 aliphatic heterocycles. The van der Waals surface area contributed by atoms with Crippen LogP contribution in [-0.4, -0.2) is 19.0 Å². The van der Waals surface area contributed by atoms with Gasteiger partial charge in [0.05, 0.1) is 0 Å². The summed E-state index contributed by atoms with van der Waals surface area (Å²) in [7, 11) is 0. The average Bonchev–Trinajstić information content (AvgIpc) is 2.61. The van der Waals surface area contributed by atoms with Crippen molar-refractivity contribution in [2.45, 2.75) is 52.9 Å². The highest BCUT2D eigenvalue weighted by Gasteiger charge is 2.32. The maximum atomic E-state index is 11.7. The molecular formula is C13H26N2O. The maximum Gasteiger partial charge on any atom is 0.220 e. The molecule has 1 rings (SSSR count). The lowest BCUT2D eigenvalue weighted by molar-refractivity contribution is -0.123. The first kappa shape index (κ1) is 13.5. The van der Waals surface area contributed by atoms with Gasteiger partial charge < -0.3 is 11.1 Å². The molecule has 1 amide bonds. The average molecular weight is 226 g/mol. The third-order valence-electron chi connectivity index (χ3n) is 3.45. The Morgan fingerprint density at radius 3 is 2.31 bits per heavy atom. The van der Waals surface area contributed by atoms with Crippen molar-refractivity contribution >= 4 is 5.91 Å². The summed E-state index contributed by atoms with van der Waals surface area (Å²) in [6, 6.07) is 0. The highest BCUT2D eigenvalue weighted by molar-refractivity contribution is 5.76. The maximum absolute atomic E-state index is 11.7. The molecule has 1 aliphatic rings. The van der Waals surface area contributed by atoms with Crippen molar-refractivity contribution in [3.63, 3.8) is 0 Å². The van der Waals surface area contributed by atoms with Gasteiger partial charge in [0.25, 0.3) is 0 Å². The second-order valence-corrected chi connectivity index (χ2v) is 6.43. The molecule has 16 heavy (non-hydrogen) atoms. The van der Waals surface area contributed by atoms with Crippen LogP contribution < -0.4 is 11.1 Å². The minimum Gasteiger partial charge on any atom is -0.355 e. The standard InChI is InChI=1S/C13H26N2O/c1-12(2,3)8-11(16)15-10-13(9-14)6-4-5-7-13/h4-10,14H2,1-3H3,(H,15,16). The van der Waals surface area contributed by atoms with E-state index >= 15 is 0 Å². The summed E-state index contributed by atoms with van der Waals surface area (Å²) in [6.45, 7) is 7.71. The van der Waals surface area contributed by atoms with E-state index in [1.807, 2.05) is 0 Å². The summed E-state index contributed by atoms with van der Waals surface area (Å²) >= 11 is 0. The number of nitrogens with two attached hydrogens (primary N) is 1. The fourth-order valence-corrected chi connectivity index (χ4v) is 2.41. The summed E-state index contributed by atoms with van der Waals surface area (Å²) in [5.74, 6) is 0.159. The molecule has 3 heteroatoms. The van der Waals surface area contributed by atoms with E-state index in [1.54, 1.807) is 0 Å².